The van der Waals surface area contributed by atoms with Gasteiger partial charge in [0.15, 0.2) is 0 Å². The molecule has 0 unspecified atom stereocenters. The number of alkyl halides is 12. The van der Waals surface area contributed by atoms with Crippen LogP contribution >= 0.6 is 0 Å². The summed E-state index contributed by atoms with van der Waals surface area (Å²) >= 11 is 0. The van der Waals surface area contributed by atoms with Gasteiger partial charge >= 0.3 is 36.6 Å². The third-order valence-corrected chi connectivity index (χ3v) is 14.5. The molecule has 0 spiro atoms. The van der Waals surface area contributed by atoms with Crippen LogP contribution in [0.25, 0.3) is 12.2 Å². The van der Waals surface area contributed by atoms with E-state index >= 15 is 0 Å². The van der Waals surface area contributed by atoms with Crippen LogP contribution in [0.4, 0.5) is 52.7 Å². The first kappa shape index (κ1) is 65.6. The molecule has 7 nitrogen and oxygen atoms in total. The molecule has 0 aliphatic rings. The maximum Gasteiger partial charge on any atom is 0.430 e. The van der Waals surface area contributed by atoms with Gasteiger partial charge in [-0.2, -0.15) is 52.7 Å². The van der Waals surface area contributed by atoms with E-state index in [1.807, 2.05) is 71.9 Å². The summed E-state index contributed by atoms with van der Waals surface area (Å²) in [6.07, 6.45) is -18.2. The Balaban J connectivity index is 0.000000409. The highest BCUT2D eigenvalue weighted by atomic mass is 19.4. The topological polar surface area (TPSA) is 102 Å². The minimum Gasteiger partial charge on any atom is -0.481 e. The number of carbonyl (C=O) groups is 2. The summed E-state index contributed by atoms with van der Waals surface area (Å²) in [7, 11) is 0.941. The smallest absolute Gasteiger partial charge is 0.430 e. The highest BCUT2D eigenvalue weighted by molar-refractivity contribution is 5.70. The van der Waals surface area contributed by atoms with Gasteiger partial charge in [-0.05, 0) is 152 Å². The lowest BCUT2D eigenvalue weighted by molar-refractivity contribution is -0.372. The van der Waals surface area contributed by atoms with Gasteiger partial charge in [0.1, 0.15) is 6.79 Å². The van der Waals surface area contributed by atoms with Crippen molar-refractivity contribution in [1.82, 2.24) is 0 Å². The molecule has 0 saturated carbocycles. The maximum atomic E-state index is 13.7. The molecule has 77 heavy (non-hydrogen) atoms. The number of benzene rings is 4. The molecule has 0 fully saturated rings. The van der Waals surface area contributed by atoms with Crippen molar-refractivity contribution in [3.63, 3.8) is 0 Å². The number of ether oxygens (including phenoxy) is 3. The minimum atomic E-state index is -5.93. The number of esters is 1. The zero-order chi connectivity index (χ0) is 58.6. The third kappa shape index (κ3) is 14.9. The molecule has 0 aliphatic heterocycles. The zero-order valence-electron chi connectivity index (χ0n) is 44.8. The van der Waals surface area contributed by atoms with Crippen LogP contribution in [-0.4, -0.2) is 78.6 Å². The summed E-state index contributed by atoms with van der Waals surface area (Å²) in [4.78, 5) is 22.7. The van der Waals surface area contributed by atoms with Crippen molar-refractivity contribution in [2.75, 3.05) is 20.5 Å². The second-order valence-corrected chi connectivity index (χ2v) is 18.9. The molecule has 19 heteroatoms. The Bertz CT molecular complexity index is 2640. The summed E-state index contributed by atoms with van der Waals surface area (Å²) in [5.74, 6) is -1.14. The Labute approximate surface area is 442 Å². The lowest BCUT2D eigenvalue weighted by Gasteiger charge is -2.35. The first-order valence-corrected chi connectivity index (χ1v) is 24.9. The summed E-state index contributed by atoms with van der Waals surface area (Å²) in [5, 5.41) is 18.3. The van der Waals surface area contributed by atoms with E-state index in [1.54, 1.807) is 45.0 Å². The molecule has 4 aromatic carbocycles. The first-order chi connectivity index (χ1) is 35.6. The molecule has 426 valence electrons. The number of rotatable bonds is 22. The van der Waals surface area contributed by atoms with Gasteiger partial charge in [0.25, 0.3) is 11.2 Å². The van der Waals surface area contributed by atoms with Crippen LogP contribution in [0, 0.1) is 27.7 Å². The number of carboxylic acid groups (broad SMARTS) is 1. The number of aliphatic hydroxyl groups is 1. The Kier molecular flexibility index (Phi) is 22.4. The standard InChI is InChI=1S/C31H38F6O4.C27H30F6O3/c1-7-28(8-2,25-13-10-23(21(4)18-25)12-15-27(38)40-9-3)26-14-11-24(22(5)19-26)16-17-29(30(32,33)34,31(35,36)37)41-20-39-6;1-5-24(6-2,21-10-7-19(17(3)15-21)9-12-23(34)35)22-11-8-20(18(4)16-22)13-14-25(36,26(28,29)30)27(31,32)33/h10-11,13-14,16-19H,7-9,12,15,20H2,1-6H3;7-8,10-11,13-16,36H,5-6,9,12H2,1-4H3,(H,34,35)/b17-16+;14-13+. The van der Waals surface area contributed by atoms with E-state index in [-0.39, 0.29) is 42.1 Å². The van der Waals surface area contributed by atoms with Gasteiger partial charge in [0, 0.05) is 30.8 Å². The number of aryl methyl sites for hydroxylation is 6. The Hall–Kier alpha value is -5.66. The van der Waals surface area contributed by atoms with Gasteiger partial charge in [-0.25, -0.2) is 0 Å². The van der Waals surface area contributed by atoms with E-state index in [0.717, 1.165) is 57.7 Å². The Morgan fingerprint density at radius 2 is 0.883 bits per heavy atom. The number of carbonyl (C=O) groups excluding carboxylic acids is 1. The molecule has 0 heterocycles. The van der Waals surface area contributed by atoms with E-state index in [4.69, 9.17) is 9.84 Å². The molecule has 0 aromatic heterocycles. The van der Waals surface area contributed by atoms with E-state index in [9.17, 15) is 67.4 Å². The lowest BCUT2D eigenvalue weighted by atomic mass is 9.69. The quantitative estimate of drug-likeness (QED) is 0.0459. The van der Waals surface area contributed by atoms with E-state index in [1.165, 1.54) is 12.1 Å². The van der Waals surface area contributed by atoms with Gasteiger partial charge < -0.3 is 24.4 Å². The number of hydrogen-bond donors (Lipinski definition) is 2. The van der Waals surface area contributed by atoms with Crippen molar-refractivity contribution in [3.8, 4) is 0 Å². The molecule has 0 atom stereocenters. The summed E-state index contributed by atoms with van der Waals surface area (Å²) in [6.45, 7) is 16.0. The molecule has 4 aromatic rings. The minimum absolute atomic E-state index is 0.000697. The van der Waals surface area contributed by atoms with Crippen molar-refractivity contribution >= 4 is 24.1 Å². The molecule has 0 amide bonds. The molecular formula is C58H68F12O7. The fraction of sp³-hybridized carbons (Fsp3) is 0.483. The lowest BCUT2D eigenvalue weighted by Crippen LogP contribution is -2.57. The second-order valence-electron chi connectivity index (χ2n) is 18.9. The Morgan fingerprint density at radius 3 is 1.19 bits per heavy atom. The van der Waals surface area contributed by atoms with Crippen LogP contribution in [0.5, 0.6) is 0 Å². The van der Waals surface area contributed by atoms with E-state index < -0.39 is 59.5 Å². The predicted molar refractivity (Wildman–Crippen MR) is 271 cm³/mol. The second kappa shape index (κ2) is 26.3. The number of halogens is 12. The van der Waals surface area contributed by atoms with E-state index in [0.29, 0.717) is 62.3 Å². The van der Waals surface area contributed by atoms with Crippen LogP contribution in [0.2, 0.25) is 0 Å². The summed E-state index contributed by atoms with van der Waals surface area (Å²) in [6, 6.07) is 21.8. The SMILES string of the molecule is CCC(CC)(c1ccc(/C=C/C(O)(C(F)(F)F)C(F)(F)F)c(C)c1)c1ccc(CCC(=O)O)c(C)c1.CCOC(=O)CCc1ccc(C(CC)(CC)c2ccc(/C=C/C(OCOC)(C(F)(F)F)C(F)(F)F)c(C)c2)cc1C. The molecule has 0 saturated heterocycles. The number of aliphatic carboxylic acids is 1. The molecule has 4 rings (SSSR count). The summed E-state index contributed by atoms with van der Waals surface area (Å²) in [5.41, 5.74) is -1.47. The normalized spacial score (nSPS) is 13.3. The number of carboxylic acids is 1. The monoisotopic (exact) mass is 1100 g/mol. The molecular weight excluding hydrogens is 1040 g/mol. The molecule has 2 N–H and O–H groups in total. The van der Waals surface area contributed by atoms with Crippen molar-refractivity contribution in [2.45, 2.75) is 160 Å². The fourth-order valence-electron chi connectivity index (χ4n) is 9.53. The predicted octanol–water partition coefficient (Wildman–Crippen LogP) is 15.7. The highest BCUT2D eigenvalue weighted by Gasteiger charge is 2.71. The van der Waals surface area contributed by atoms with Crippen LogP contribution in [-0.2, 0) is 47.5 Å². The van der Waals surface area contributed by atoms with Gasteiger partial charge in [0.05, 0.1) is 6.61 Å². The number of hydrogen-bond acceptors (Lipinski definition) is 6. The third-order valence-electron chi connectivity index (χ3n) is 14.5. The van der Waals surface area contributed by atoms with Crippen LogP contribution < -0.4 is 0 Å². The van der Waals surface area contributed by atoms with Gasteiger partial charge in [0.2, 0.25) is 0 Å². The highest BCUT2D eigenvalue weighted by Crippen LogP contribution is 2.49. The van der Waals surface area contributed by atoms with Gasteiger partial charge in [-0.15, -0.1) is 0 Å². The molecule has 0 radical (unpaired) electrons. The Morgan fingerprint density at radius 1 is 0.519 bits per heavy atom. The van der Waals surface area contributed by atoms with Crippen LogP contribution in [0.3, 0.4) is 0 Å². The fourth-order valence-corrected chi connectivity index (χ4v) is 9.53. The average molecular weight is 1110 g/mol. The molecule has 0 aliphatic carbocycles. The van der Waals surface area contributed by atoms with Crippen molar-refractivity contribution in [3.05, 3.63) is 152 Å². The van der Waals surface area contributed by atoms with Crippen molar-refractivity contribution in [1.29, 1.82) is 0 Å². The number of methoxy groups -OCH3 is 1. The largest absolute Gasteiger partial charge is 0.481 e. The van der Waals surface area contributed by atoms with Crippen molar-refractivity contribution < 1.29 is 86.7 Å². The molecule has 0 bridgehead atoms. The van der Waals surface area contributed by atoms with Gasteiger partial charge in [-0.3, -0.25) is 9.59 Å². The average Bonchev–Trinajstić information content (AvgIpc) is 3.33. The first-order valence-electron chi connectivity index (χ1n) is 24.9. The maximum absolute atomic E-state index is 13.7. The van der Waals surface area contributed by atoms with E-state index in [2.05, 4.69) is 15.5 Å². The van der Waals surface area contributed by atoms with Crippen molar-refractivity contribution in [2.24, 2.45) is 0 Å². The van der Waals surface area contributed by atoms with Gasteiger partial charge in [-0.1, -0.05) is 113 Å². The van der Waals surface area contributed by atoms with Crippen LogP contribution in [0.1, 0.15) is 140 Å². The summed E-state index contributed by atoms with van der Waals surface area (Å²) < 4.78 is 174. The zero-order valence-corrected chi connectivity index (χ0v) is 44.8. The van der Waals surface area contributed by atoms with Crippen LogP contribution in [0.15, 0.2) is 84.9 Å².